The van der Waals surface area contributed by atoms with Gasteiger partial charge in [0.05, 0.1) is 17.6 Å². The average Bonchev–Trinajstić information content (AvgIpc) is 2.32. The summed E-state index contributed by atoms with van der Waals surface area (Å²) in [7, 11) is 0. The molecule has 1 aromatic heterocycles. The fourth-order valence-electron chi connectivity index (χ4n) is 1.59. The lowest BCUT2D eigenvalue weighted by Gasteiger charge is -2.09. The van der Waals surface area contributed by atoms with Gasteiger partial charge in [0.1, 0.15) is 0 Å². The first-order valence-corrected chi connectivity index (χ1v) is 5.72. The number of aromatic nitrogens is 1. The standard InChI is InChI=1S/C13H12ClN3O/c1-8-6-9(14)2-3-10(8)13(18)17-12-4-5-16-7-11(12)15/h2-7H,15H2,1H3,(H,16,17,18). The van der Waals surface area contributed by atoms with Crippen LogP contribution in [0.15, 0.2) is 36.7 Å². The topological polar surface area (TPSA) is 68.0 Å². The van der Waals surface area contributed by atoms with Gasteiger partial charge < -0.3 is 11.1 Å². The lowest BCUT2D eigenvalue weighted by Crippen LogP contribution is -2.14. The Kier molecular flexibility index (Phi) is 3.48. The van der Waals surface area contributed by atoms with Gasteiger partial charge >= 0.3 is 0 Å². The maximum atomic E-state index is 12.1. The van der Waals surface area contributed by atoms with Crippen LogP contribution in [0.2, 0.25) is 5.02 Å². The molecule has 0 bridgehead atoms. The number of halogens is 1. The number of hydrogen-bond acceptors (Lipinski definition) is 3. The van der Waals surface area contributed by atoms with E-state index in [0.29, 0.717) is 22.0 Å². The van der Waals surface area contributed by atoms with Gasteiger partial charge in [-0.05, 0) is 36.8 Å². The summed E-state index contributed by atoms with van der Waals surface area (Å²) in [5.74, 6) is -0.220. The first-order chi connectivity index (χ1) is 8.58. The van der Waals surface area contributed by atoms with Gasteiger partial charge in [-0.2, -0.15) is 0 Å². The molecule has 0 aliphatic carbocycles. The molecule has 0 aliphatic heterocycles. The zero-order valence-electron chi connectivity index (χ0n) is 9.77. The number of benzene rings is 1. The number of amides is 1. The van der Waals surface area contributed by atoms with Crippen LogP contribution in [-0.4, -0.2) is 10.9 Å². The summed E-state index contributed by atoms with van der Waals surface area (Å²) in [5.41, 5.74) is 8.06. The maximum Gasteiger partial charge on any atom is 0.255 e. The monoisotopic (exact) mass is 261 g/mol. The van der Waals surface area contributed by atoms with Crippen LogP contribution in [0.3, 0.4) is 0 Å². The molecule has 1 heterocycles. The van der Waals surface area contributed by atoms with Crippen LogP contribution in [0.25, 0.3) is 0 Å². The van der Waals surface area contributed by atoms with Gasteiger partial charge in [-0.15, -0.1) is 0 Å². The Morgan fingerprint density at radius 3 is 2.83 bits per heavy atom. The van der Waals surface area contributed by atoms with E-state index in [0.717, 1.165) is 5.56 Å². The van der Waals surface area contributed by atoms with Crippen LogP contribution in [0.1, 0.15) is 15.9 Å². The summed E-state index contributed by atoms with van der Waals surface area (Å²) in [4.78, 5) is 15.9. The highest BCUT2D eigenvalue weighted by Gasteiger charge is 2.10. The molecule has 4 nitrogen and oxygen atoms in total. The number of aryl methyl sites for hydroxylation is 1. The zero-order valence-corrected chi connectivity index (χ0v) is 10.5. The molecule has 2 aromatic rings. The third-order valence-electron chi connectivity index (χ3n) is 2.53. The number of nitrogen functional groups attached to an aromatic ring is 1. The number of carbonyl (C=O) groups excluding carboxylic acids is 1. The van der Waals surface area contributed by atoms with E-state index in [1.807, 2.05) is 6.92 Å². The van der Waals surface area contributed by atoms with Crippen LogP contribution < -0.4 is 11.1 Å². The number of nitrogens with two attached hydrogens (primary N) is 1. The fourth-order valence-corrected chi connectivity index (χ4v) is 1.82. The Morgan fingerprint density at radius 2 is 2.17 bits per heavy atom. The Morgan fingerprint density at radius 1 is 1.39 bits per heavy atom. The van der Waals surface area contributed by atoms with Crippen LogP contribution in [-0.2, 0) is 0 Å². The lowest BCUT2D eigenvalue weighted by atomic mass is 10.1. The van der Waals surface area contributed by atoms with Gasteiger partial charge in [0, 0.05) is 16.8 Å². The molecule has 5 heteroatoms. The normalized spacial score (nSPS) is 10.1. The molecular weight excluding hydrogens is 250 g/mol. The molecule has 2 rings (SSSR count). The summed E-state index contributed by atoms with van der Waals surface area (Å²) in [6.07, 6.45) is 3.06. The molecule has 0 spiro atoms. The van der Waals surface area contributed by atoms with Gasteiger partial charge in [0.15, 0.2) is 0 Å². The van der Waals surface area contributed by atoms with Crippen molar-refractivity contribution in [3.8, 4) is 0 Å². The summed E-state index contributed by atoms with van der Waals surface area (Å²) < 4.78 is 0. The zero-order chi connectivity index (χ0) is 13.1. The summed E-state index contributed by atoms with van der Waals surface area (Å²) in [6, 6.07) is 6.76. The first kappa shape index (κ1) is 12.4. The van der Waals surface area contributed by atoms with E-state index < -0.39 is 0 Å². The molecule has 0 radical (unpaired) electrons. The largest absolute Gasteiger partial charge is 0.396 e. The van der Waals surface area contributed by atoms with Gasteiger partial charge in [0.25, 0.3) is 5.91 Å². The Labute approximate surface area is 110 Å². The molecule has 0 atom stereocenters. The SMILES string of the molecule is Cc1cc(Cl)ccc1C(=O)Nc1ccncc1N. The Hall–Kier alpha value is -2.07. The van der Waals surface area contributed by atoms with Crippen LogP contribution >= 0.6 is 11.6 Å². The van der Waals surface area contributed by atoms with Gasteiger partial charge in [-0.1, -0.05) is 11.6 Å². The second kappa shape index (κ2) is 5.06. The van der Waals surface area contributed by atoms with E-state index in [4.69, 9.17) is 17.3 Å². The Bertz CT molecular complexity index is 599. The number of rotatable bonds is 2. The van der Waals surface area contributed by atoms with Crippen molar-refractivity contribution in [1.29, 1.82) is 0 Å². The summed E-state index contributed by atoms with van der Waals surface area (Å²) in [5, 5.41) is 3.34. The molecule has 1 aromatic carbocycles. The molecule has 0 fully saturated rings. The quantitative estimate of drug-likeness (QED) is 0.873. The van der Waals surface area contributed by atoms with Gasteiger partial charge in [-0.25, -0.2) is 0 Å². The van der Waals surface area contributed by atoms with Crippen molar-refractivity contribution in [3.05, 3.63) is 52.8 Å². The minimum Gasteiger partial charge on any atom is -0.396 e. The minimum atomic E-state index is -0.220. The van der Waals surface area contributed by atoms with E-state index in [1.54, 1.807) is 30.5 Å². The molecule has 0 aliphatic rings. The molecule has 0 saturated heterocycles. The highest BCUT2D eigenvalue weighted by Crippen LogP contribution is 2.19. The number of anilines is 2. The third kappa shape index (κ3) is 2.60. The van der Waals surface area contributed by atoms with Crippen molar-refractivity contribution in [3.63, 3.8) is 0 Å². The van der Waals surface area contributed by atoms with Crippen molar-refractivity contribution in [2.45, 2.75) is 6.92 Å². The highest BCUT2D eigenvalue weighted by atomic mass is 35.5. The number of pyridine rings is 1. The molecule has 3 N–H and O–H groups in total. The predicted molar refractivity (Wildman–Crippen MR) is 72.8 cm³/mol. The lowest BCUT2D eigenvalue weighted by molar-refractivity contribution is 0.102. The van der Waals surface area contributed by atoms with Crippen LogP contribution in [0.5, 0.6) is 0 Å². The third-order valence-corrected chi connectivity index (χ3v) is 2.77. The van der Waals surface area contributed by atoms with Crippen molar-refractivity contribution in [2.24, 2.45) is 0 Å². The molecule has 92 valence electrons. The maximum absolute atomic E-state index is 12.1. The van der Waals surface area contributed by atoms with Crippen LogP contribution in [0.4, 0.5) is 11.4 Å². The van der Waals surface area contributed by atoms with Crippen molar-refractivity contribution < 1.29 is 4.79 Å². The number of carbonyl (C=O) groups is 1. The minimum absolute atomic E-state index is 0.220. The molecular formula is C13H12ClN3O. The van der Waals surface area contributed by atoms with Crippen LogP contribution in [0, 0.1) is 6.92 Å². The number of hydrogen-bond donors (Lipinski definition) is 2. The van der Waals surface area contributed by atoms with Gasteiger partial charge in [0.2, 0.25) is 0 Å². The summed E-state index contributed by atoms with van der Waals surface area (Å²) in [6.45, 7) is 1.83. The van der Waals surface area contributed by atoms with E-state index in [9.17, 15) is 4.79 Å². The highest BCUT2D eigenvalue weighted by molar-refractivity contribution is 6.30. The molecule has 0 saturated carbocycles. The molecule has 0 unspecified atom stereocenters. The molecule has 18 heavy (non-hydrogen) atoms. The number of nitrogens with one attached hydrogen (secondary N) is 1. The van der Waals surface area contributed by atoms with E-state index >= 15 is 0 Å². The average molecular weight is 262 g/mol. The predicted octanol–water partition coefficient (Wildman–Crippen LogP) is 2.88. The number of nitrogens with zero attached hydrogens (tertiary/aromatic N) is 1. The van der Waals surface area contributed by atoms with Crippen molar-refractivity contribution in [2.75, 3.05) is 11.1 Å². The Balaban J connectivity index is 2.25. The van der Waals surface area contributed by atoms with Crippen molar-refractivity contribution in [1.82, 2.24) is 4.98 Å². The van der Waals surface area contributed by atoms with Crippen molar-refractivity contribution >= 4 is 28.9 Å². The molecule has 1 amide bonds. The van der Waals surface area contributed by atoms with E-state index in [-0.39, 0.29) is 5.91 Å². The smallest absolute Gasteiger partial charge is 0.255 e. The van der Waals surface area contributed by atoms with E-state index in [2.05, 4.69) is 10.3 Å². The fraction of sp³-hybridized carbons (Fsp3) is 0.0769. The second-order valence-electron chi connectivity index (χ2n) is 3.88. The van der Waals surface area contributed by atoms with E-state index in [1.165, 1.54) is 6.20 Å². The second-order valence-corrected chi connectivity index (χ2v) is 4.31. The van der Waals surface area contributed by atoms with Gasteiger partial charge in [-0.3, -0.25) is 9.78 Å². The summed E-state index contributed by atoms with van der Waals surface area (Å²) >= 11 is 5.85. The first-order valence-electron chi connectivity index (χ1n) is 5.35.